The summed E-state index contributed by atoms with van der Waals surface area (Å²) in [7, 11) is 2.10. The Hall–Kier alpha value is -0.0900. The topological polar surface area (TPSA) is 29.3 Å². The number of halogens is 2. The molecular weight excluding hydrogens is 300 g/mol. The monoisotopic (exact) mass is 318 g/mol. The molecule has 0 saturated carbocycles. The van der Waals surface area contributed by atoms with Gasteiger partial charge in [-0.3, -0.25) is 4.90 Å². The van der Waals surface area contributed by atoms with Crippen molar-refractivity contribution < 1.29 is 0 Å². The molecule has 0 aliphatic carbocycles. The van der Waals surface area contributed by atoms with Gasteiger partial charge in [-0.25, -0.2) is 0 Å². The van der Waals surface area contributed by atoms with Crippen molar-refractivity contribution in [2.24, 2.45) is 11.7 Å². The number of hydrogen-bond donors (Lipinski definition) is 1. The van der Waals surface area contributed by atoms with E-state index >= 15 is 0 Å². The van der Waals surface area contributed by atoms with Crippen molar-refractivity contribution in [3.05, 3.63) is 33.3 Å². The second-order valence-electron chi connectivity index (χ2n) is 4.75. The van der Waals surface area contributed by atoms with Gasteiger partial charge in [0.05, 0.1) is 0 Å². The van der Waals surface area contributed by atoms with Crippen LogP contribution in [0.4, 0.5) is 0 Å². The molecule has 1 atom stereocenters. The zero-order valence-electron chi connectivity index (χ0n) is 10.6. The second kappa shape index (κ2) is 6.74. The molecule has 2 nitrogen and oxygen atoms in total. The summed E-state index contributed by atoms with van der Waals surface area (Å²) < 4.78 is 1.06. The minimum Gasteiger partial charge on any atom is -0.329 e. The fourth-order valence-electron chi connectivity index (χ4n) is 2.02. The molecule has 0 amide bonds. The van der Waals surface area contributed by atoms with Gasteiger partial charge in [0.1, 0.15) is 0 Å². The third kappa shape index (κ3) is 4.25. The van der Waals surface area contributed by atoms with Gasteiger partial charge in [0.25, 0.3) is 0 Å². The van der Waals surface area contributed by atoms with Crippen molar-refractivity contribution in [3.8, 4) is 0 Å². The van der Waals surface area contributed by atoms with Crippen molar-refractivity contribution >= 4 is 27.5 Å². The fourth-order valence-corrected chi connectivity index (χ4v) is 2.71. The molecule has 0 spiro atoms. The molecule has 0 aliphatic rings. The average Bonchev–Trinajstić information content (AvgIpc) is 2.23. The van der Waals surface area contributed by atoms with E-state index in [2.05, 4.69) is 41.7 Å². The predicted octanol–water partition coefficient (Wildman–Crippen LogP) is 3.69. The van der Waals surface area contributed by atoms with Gasteiger partial charge in [0.15, 0.2) is 0 Å². The van der Waals surface area contributed by atoms with Crippen LogP contribution in [0.5, 0.6) is 0 Å². The third-order valence-electron chi connectivity index (χ3n) is 2.73. The van der Waals surface area contributed by atoms with Crippen LogP contribution in [0, 0.1) is 5.92 Å². The predicted molar refractivity (Wildman–Crippen MR) is 78.4 cm³/mol. The summed E-state index contributed by atoms with van der Waals surface area (Å²) in [6, 6.07) is 6.04. The lowest BCUT2D eigenvalue weighted by Crippen LogP contribution is -2.33. The van der Waals surface area contributed by atoms with Crippen LogP contribution in [0.3, 0.4) is 0 Å². The van der Waals surface area contributed by atoms with Crippen LogP contribution in [0.2, 0.25) is 5.02 Å². The first-order valence-electron chi connectivity index (χ1n) is 5.81. The van der Waals surface area contributed by atoms with E-state index in [1.807, 2.05) is 18.2 Å². The van der Waals surface area contributed by atoms with Gasteiger partial charge >= 0.3 is 0 Å². The van der Waals surface area contributed by atoms with E-state index in [9.17, 15) is 0 Å². The number of likely N-dealkylation sites (N-methyl/N-ethyl adjacent to an activating group) is 1. The quantitative estimate of drug-likeness (QED) is 0.897. The van der Waals surface area contributed by atoms with Crippen LogP contribution < -0.4 is 5.73 Å². The first-order valence-corrected chi connectivity index (χ1v) is 6.98. The smallest absolute Gasteiger partial charge is 0.0479 e. The van der Waals surface area contributed by atoms with Crippen molar-refractivity contribution in [1.82, 2.24) is 4.90 Å². The van der Waals surface area contributed by atoms with Crippen LogP contribution in [-0.4, -0.2) is 25.0 Å². The SMILES string of the molecule is CC(C)CN(C)C(CN)c1cc(Cl)ccc1Br. The number of benzene rings is 1. The normalized spacial score (nSPS) is 13.4. The summed E-state index contributed by atoms with van der Waals surface area (Å²) in [5, 5.41) is 0.750. The Balaban J connectivity index is 2.96. The molecule has 0 aromatic heterocycles. The van der Waals surface area contributed by atoms with Gasteiger partial charge in [-0.05, 0) is 36.7 Å². The van der Waals surface area contributed by atoms with Crippen molar-refractivity contribution in [3.63, 3.8) is 0 Å². The number of hydrogen-bond acceptors (Lipinski definition) is 2. The first-order chi connectivity index (χ1) is 7.95. The first kappa shape index (κ1) is 15.0. The molecule has 4 heteroatoms. The highest BCUT2D eigenvalue weighted by Crippen LogP contribution is 2.29. The maximum atomic E-state index is 6.05. The zero-order valence-corrected chi connectivity index (χ0v) is 12.9. The Morgan fingerprint density at radius 2 is 2.06 bits per heavy atom. The second-order valence-corrected chi connectivity index (χ2v) is 6.04. The van der Waals surface area contributed by atoms with E-state index < -0.39 is 0 Å². The van der Waals surface area contributed by atoms with Crippen LogP contribution in [0.25, 0.3) is 0 Å². The van der Waals surface area contributed by atoms with Gasteiger partial charge in [-0.15, -0.1) is 0 Å². The van der Waals surface area contributed by atoms with Crippen molar-refractivity contribution in [2.45, 2.75) is 19.9 Å². The Morgan fingerprint density at radius 1 is 1.41 bits per heavy atom. The van der Waals surface area contributed by atoms with Crippen LogP contribution >= 0.6 is 27.5 Å². The summed E-state index contributed by atoms with van der Waals surface area (Å²) in [5.74, 6) is 0.618. The van der Waals surface area contributed by atoms with Crippen LogP contribution in [0.15, 0.2) is 22.7 Å². The van der Waals surface area contributed by atoms with E-state index in [1.165, 1.54) is 0 Å². The third-order valence-corrected chi connectivity index (χ3v) is 3.68. The molecule has 1 rings (SSSR count). The van der Waals surface area contributed by atoms with Gasteiger partial charge < -0.3 is 5.73 Å². The summed E-state index contributed by atoms with van der Waals surface area (Å²) in [4.78, 5) is 2.28. The van der Waals surface area contributed by atoms with Crippen LogP contribution in [-0.2, 0) is 0 Å². The van der Waals surface area contributed by atoms with E-state index in [1.54, 1.807) is 0 Å². The molecule has 1 aromatic carbocycles. The minimum absolute atomic E-state index is 0.200. The molecule has 0 saturated heterocycles. The molecule has 1 unspecified atom stereocenters. The molecule has 96 valence electrons. The van der Waals surface area contributed by atoms with Gasteiger partial charge in [-0.2, -0.15) is 0 Å². The molecule has 1 aromatic rings. The molecule has 17 heavy (non-hydrogen) atoms. The Labute approximate surface area is 117 Å². The molecule has 0 radical (unpaired) electrons. The minimum atomic E-state index is 0.200. The van der Waals surface area contributed by atoms with Crippen LogP contribution in [0.1, 0.15) is 25.5 Å². The van der Waals surface area contributed by atoms with Crippen molar-refractivity contribution in [2.75, 3.05) is 20.1 Å². The zero-order chi connectivity index (χ0) is 13.0. The van der Waals surface area contributed by atoms with E-state index in [4.69, 9.17) is 17.3 Å². The highest BCUT2D eigenvalue weighted by Gasteiger charge is 2.18. The Morgan fingerprint density at radius 3 is 2.59 bits per heavy atom. The van der Waals surface area contributed by atoms with Crippen molar-refractivity contribution in [1.29, 1.82) is 0 Å². The standard InChI is InChI=1S/C13H20BrClN2/c1-9(2)8-17(3)13(7-16)11-6-10(15)4-5-12(11)14/h4-6,9,13H,7-8,16H2,1-3H3. The Bertz CT molecular complexity index is 368. The fraction of sp³-hybridized carbons (Fsp3) is 0.538. The molecule has 0 heterocycles. The maximum absolute atomic E-state index is 6.05. The van der Waals surface area contributed by atoms with E-state index in [-0.39, 0.29) is 6.04 Å². The largest absolute Gasteiger partial charge is 0.329 e. The molecule has 0 fully saturated rings. The van der Waals surface area contributed by atoms with Gasteiger partial charge in [0.2, 0.25) is 0 Å². The van der Waals surface area contributed by atoms with Gasteiger partial charge in [0, 0.05) is 28.6 Å². The molecule has 2 N–H and O–H groups in total. The van der Waals surface area contributed by atoms with E-state index in [0.29, 0.717) is 12.5 Å². The number of rotatable bonds is 5. The summed E-state index contributed by atoms with van der Waals surface area (Å²) in [6.45, 7) is 6.01. The van der Waals surface area contributed by atoms with Gasteiger partial charge in [-0.1, -0.05) is 41.4 Å². The highest BCUT2D eigenvalue weighted by atomic mass is 79.9. The highest BCUT2D eigenvalue weighted by molar-refractivity contribution is 9.10. The Kier molecular flexibility index (Phi) is 5.93. The number of nitrogens with zero attached hydrogens (tertiary/aromatic N) is 1. The lowest BCUT2D eigenvalue weighted by molar-refractivity contribution is 0.223. The average molecular weight is 320 g/mol. The van der Waals surface area contributed by atoms with E-state index in [0.717, 1.165) is 21.6 Å². The molecule has 0 bridgehead atoms. The molecule has 0 aliphatic heterocycles. The maximum Gasteiger partial charge on any atom is 0.0479 e. The summed E-state index contributed by atoms with van der Waals surface area (Å²) in [6.07, 6.45) is 0. The lowest BCUT2D eigenvalue weighted by Gasteiger charge is -2.29. The summed E-state index contributed by atoms with van der Waals surface area (Å²) in [5.41, 5.74) is 7.05. The lowest BCUT2D eigenvalue weighted by atomic mass is 10.0. The number of nitrogens with two attached hydrogens (primary N) is 1. The molecular formula is C13H20BrClN2. The summed E-state index contributed by atoms with van der Waals surface area (Å²) >= 11 is 9.61.